The lowest BCUT2D eigenvalue weighted by Crippen LogP contribution is -1.87. The van der Waals surface area contributed by atoms with Gasteiger partial charge in [0.2, 0.25) is 0 Å². The molecule has 0 unspecified atom stereocenters. The normalized spacial score (nSPS) is 9.73. The molecule has 1 aromatic heterocycles. The summed E-state index contributed by atoms with van der Waals surface area (Å²) >= 11 is 0. The van der Waals surface area contributed by atoms with E-state index in [9.17, 15) is 9.59 Å². The van der Waals surface area contributed by atoms with Gasteiger partial charge in [0.1, 0.15) is 12.1 Å². The Morgan fingerprint density at radius 2 is 1.85 bits per heavy atom. The molecule has 2 rings (SSSR count). The molecule has 2 aromatic rings. The number of allylic oxidation sites excluding steroid dienone is 2. The molecule has 26 heavy (non-hydrogen) atoms. The summed E-state index contributed by atoms with van der Waals surface area (Å²) in [5.41, 5.74) is 8.62. The van der Waals surface area contributed by atoms with Crippen molar-refractivity contribution in [1.29, 1.82) is 0 Å². The van der Waals surface area contributed by atoms with Crippen molar-refractivity contribution in [2.75, 3.05) is 0 Å². The largest absolute Gasteiger partial charge is 0.403 e. The molecule has 0 fully saturated rings. The maximum atomic E-state index is 9.81. The molecule has 5 nitrogen and oxygen atoms in total. The van der Waals surface area contributed by atoms with Crippen LogP contribution >= 0.6 is 0 Å². The van der Waals surface area contributed by atoms with Crippen molar-refractivity contribution >= 4 is 23.0 Å². The number of hydrogen-bond donors (Lipinski definition) is 1. The van der Waals surface area contributed by atoms with Crippen LogP contribution in [0.4, 0.5) is 0 Å². The number of nitrogens with two attached hydrogens (primary N) is 1. The Kier molecular flexibility index (Phi) is 15.9. The molecule has 1 heterocycles. The summed E-state index contributed by atoms with van der Waals surface area (Å²) in [6.45, 7) is 11.5. The van der Waals surface area contributed by atoms with Crippen molar-refractivity contribution in [3.05, 3.63) is 41.7 Å². The third kappa shape index (κ3) is 12.9. The first-order valence-electron chi connectivity index (χ1n) is 9.11. The summed E-state index contributed by atoms with van der Waals surface area (Å²) in [6, 6.07) is 6.43. The number of aldehydes is 1. The fraction of sp³-hybridized carbons (Fsp3) is 0.476. The Hall–Kier alpha value is -2.43. The molecule has 0 amide bonds. The van der Waals surface area contributed by atoms with E-state index in [2.05, 4.69) is 37.1 Å². The summed E-state index contributed by atoms with van der Waals surface area (Å²) in [7, 11) is 1.95. The van der Waals surface area contributed by atoms with Gasteiger partial charge in [0.25, 0.3) is 0 Å². The average molecular weight is 362 g/mol. The van der Waals surface area contributed by atoms with Crippen molar-refractivity contribution in [2.24, 2.45) is 12.8 Å². The van der Waals surface area contributed by atoms with Crippen LogP contribution in [-0.4, -0.2) is 21.8 Å². The third-order valence-electron chi connectivity index (χ3n) is 2.99. The highest BCUT2D eigenvalue weighted by Gasteiger charge is 1.97. The molecule has 5 heteroatoms. The fourth-order valence-corrected chi connectivity index (χ4v) is 1.84. The first-order chi connectivity index (χ1) is 12.3. The topological polar surface area (TPSA) is 78.0 Å². The number of hydrogen-bond acceptors (Lipinski definition) is 4. The molecule has 0 atom stereocenters. The van der Waals surface area contributed by atoms with E-state index in [1.807, 2.05) is 44.8 Å². The maximum Gasteiger partial charge on any atom is 0.136 e. The fourth-order valence-electron chi connectivity index (χ4n) is 1.84. The van der Waals surface area contributed by atoms with E-state index in [1.165, 1.54) is 17.9 Å². The van der Waals surface area contributed by atoms with Crippen LogP contribution in [0.3, 0.4) is 0 Å². The van der Waals surface area contributed by atoms with Gasteiger partial charge in [-0.15, -0.1) is 0 Å². The zero-order chi connectivity index (χ0) is 20.5. The van der Waals surface area contributed by atoms with Crippen LogP contribution in [0, 0.1) is 0 Å². The monoisotopic (exact) mass is 361 g/mol. The van der Waals surface area contributed by atoms with Gasteiger partial charge in [0.05, 0.1) is 11.9 Å². The molecule has 2 N–H and O–H groups in total. The van der Waals surface area contributed by atoms with Crippen LogP contribution in [0.1, 0.15) is 59.9 Å². The van der Waals surface area contributed by atoms with Crippen LogP contribution in [0.25, 0.3) is 10.9 Å². The highest BCUT2D eigenvalue weighted by molar-refractivity contribution is 5.87. The summed E-state index contributed by atoms with van der Waals surface area (Å²) in [5, 5.41) is 5.56. The summed E-state index contributed by atoms with van der Waals surface area (Å²) < 4.78 is 1.85. The second-order valence-electron chi connectivity index (χ2n) is 5.48. The van der Waals surface area contributed by atoms with Crippen molar-refractivity contribution < 1.29 is 9.59 Å². The minimum Gasteiger partial charge on any atom is -0.403 e. The number of benzene rings is 1. The second kappa shape index (κ2) is 16.1. The number of carbonyl (C=O) groups is 2. The van der Waals surface area contributed by atoms with Crippen molar-refractivity contribution in [1.82, 2.24) is 9.78 Å². The molecule has 0 aliphatic rings. The number of rotatable bonds is 4. The molecule has 0 bridgehead atoms. The van der Waals surface area contributed by atoms with Crippen LogP contribution in [0.5, 0.6) is 0 Å². The number of Topliss-reactive ketones (excluding diaryl/α,β-unsaturated/α-hetero) is 1. The molecule has 0 aliphatic heterocycles. The van der Waals surface area contributed by atoms with Gasteiger partial charge in [-0.3, -0.25) is 9.48 Å². The van der Waals surface area contributed by atoms with E-state index in [-0.39, 0.29) is 12.2 Å². The predicted molar refractivity (Wildman–Crippen MR) is 111 cm³/mol. The van der Waals surface area contributed by atoms with Crippen molar-refractivity contribution in [3.8, 4) is 0 Å². The first kappa shape index (κ1) is 25.8. The standard InChI is InChI=1S/C10H12N2.C5H11N.C4H6O2.C2H6/c1-3-8-4-5-9-7-12(2)11-10(9)6-8;1-3-4-5(2)6;1-4(6)2-3-5;1-2/h4-7H,3H2,1-2H3;4H,3,6H2,1-2H3;3H,2H2,1H3;1-2H3/b;5-4+;;. The van der Waals surface area contributed by atoms with Gasteiger partial charge in [-0.1, -0.05) is 45.9 Å². The third-order valence-corrected chi connectivity index (χ3v) is 2.99. The number of nitrogens with zero attached hydrogens (tertiary/aromatic N) is 2. The van der Waals surface area contributed by atoms with Crippen molar-refractivity contribution in [3.63, 3.8) is 0 Å². The molecule has 146 valence electrons. The molecular weight excluding hydrogens is 326 g/mol. The van der Waals surface area contributed by atoms with E-state index in [0.717, 1.165) is 24.1 Å². The predicted octanol–water partition coefficient (Wildman–Crippen LogP) is 4.59. The second-order valence-corrected chi connectivity index (χ2v) is 5.48. The SMILES string of the molecule is CC.CC(=O)CC=O.CC/C=C(\C)N.CCc1ccc2cn(C)nc2c1. The van der Waals surface area contributed by atoms with Crippen LogP contribution < -0.4 is 5.73 Å². The molecular formula is C21H35N3O2. The van der Waals surface area contributed by atoms with Crippen LogP contribution in [0.15, 0.2) is 36.2 Å². The van der Waals surface area contributed by atoms with Gasteiger partial charge >= 0.3 is 0 Å². The van der Waals surface area contributed by atoms with E-state index in [4.69, 9.17) is 5.73 Å². The van der Waals surface area contributed by atoms with Crippen molar-refractivity contribution in [2.45, 2.75) is 60.8 Å². The lowest BCUT2D eigenvalue weighted by Gasteiger charge is -1.93. The van der Waals surface area contributed by atoms with E-state index in [1.54, 1.807) is 0 Å². The smallest absolute Gasteiger partial charge is 0.136 e. The molecule has 0 radical (unpaired) electrons. The minimum absolute atomic E-state index is 0.0556. The Morgan fingerprint density at radius 1 is 1.23 bits per heavy atom. The van der Waals surface area contributed by atoms with E-state index < -0.39 is 0 Å². The molecule has 1 aromatic carbocycles. The summed E-state index contributed by atoms with van der Waals surface area (Å²) in [5.74, 6) is -0.0787. The number of ketones is 1. The molecule has 0 spiro atoms. The maximum absolute atomic E-state index is 9.81. The summed E-state index contributed by atoms with van der Waals surface area (Å²) in [4.78, 5) is 19.2. The molecule has 0 aliphatic carbocycles. The van der Waals surface area contributed by atoms with Crippen LogP contribution in [-0.2, 0) is 23.1 Å². The van der Waals surface area contributed by atoms with Gasteiger partial charge in [-0.25, -0.2) is 0 Å². The zero-order valence-corrected chi connectivity index (χ0v) is 17.4. The van der Waals surface area contributed by atoms with Gasteiger partial charge < -0.3 is 10.5 Å². The lowest BCUT2D eigenvalue weighted by atomic mass is 10.1. The van der Waals surface area contributed by atoms with Crippen LogP contribution in [0.2, 0.25) is 0 Å². The van der Waals surface area contributed by atoms with E-state index in [0.29, 0.717) is 6.29 Å². The van der Waals surface area contributed by atoms with Gasteiger partial charge in [0.15, 0.2) is 0 Å². The minimum atomic E-state index is -0.0787. The zero-order valence-electron chi connectivity index (χ0n) is 17.4. The van der Waals surface area contributed by atoms with Gasteiger partial charge in [-0.05, 0) is 38.3 Å². The van der Waals surface area contributed by atoms with Gasteiger partial charge in [-0.2, -0.15) is 5.10 Å². The van der Waals surface area contributed by atoms with E-state index >= 15 is 0 Å². The Balaban J connectivity index is 0. The average Bonchev–Trinajstić information content (AvgIpc) is 2.96. The number of aromatic nitrogens is 2. The number of aryl methyl sites for hydroxylation is 2. The number of carbonyl (C=O) groups excluding carboxylic acids is 2. The highest BCUT2D eigenvalue weighted by Crippen LogP contribution is 2.13. The molecule has 0 saturated carbocycles. The quantitative estimate of drug-likeness (QED) is 0.638. The Bertz CT molecular complexity index is 669. The number of fused-ring (bicyclic) bond motifs is 1. The lowest BCUT2D eigenvalue weighted by molar-refractivity contribution is -0.120. The Labute approximate surface area is 158 Å². The van der Waals surface area contributed by atoms with Gasteiger partial charge in [0, 0.05) is 24.3 Å². The first-order valence-corrected chi connectivity index (χ1v) is 9.11. The summed E-state index contributed by atoms with van der Waals surface area (Å²) in [6.07, 6.45) is 6.80. The Morgan fingerprint density at radius 3 is 2.19 bits per heavy atom. The highest BCUT2D eigenvalue weighted by atomic mass is 16.1. The molecule has 0 saturated heterocycles.